The van der Waals surface area contributed by atoms with Crippen molar-refractivity contribution >= 4 is 34.2 Å². The van der Waals surface area contributed by atoms with Gasteiger partial charge in [0.2, 0.25) is 5.91 Å². The highest BCUT2D eigenvalue weighted by Gasteiger charge is 2.35. The van der Waals surface area contributed by atoms with Crippen LogP contribution in [-0.4, -0.2) is 28.6 Å². The van der Waals surface area contributed by atoms with Crippen LogP contribution in [0.5, 0.6) is 5.75 Å². The quantitative estimate of drug-likeness (QED) is 0.296. The highest BCUT2D eigenvalue weighted by atomic mass is 35.5. The van der Waals surface area contributed by atoms with Crippen LogP contribution in [0, 0.1) is 13.8 Å². The van der Waals surface area contributed by atoms with Gasteiger partial charge in [0, 0.05) is 25.4 Å². The molecule has 0 bridgehead atoms. The fourth-order valence-electron chi connectivity index (χ4n) is 4.79. The first-order chi connectivity index (χ1) is 16.5. The lowest BCUT2D eigenvalue weighted by atomic mass is 10.1. The summed E-state index contributed by atoms with van der Waals surface area (Å²) in [6, 6.07) is 21.9. The lowest BCUT2D eigenvalue weighted by molar-refractivity contribution is -0.117. The Labute approximate surface area is 204 Å². The molecule has 0 N–H and O–H groups in total. The molecule has 1 atom stereocenters. The van der Waals surface area contributed by atoms with Crippen molar-refractivity contribution in [1.29, 1.82) is 0 Å². The number of hydrogen-bond acceptors (Lipinski definition) is 3. The number of aromatic nitrogens is 2. The molecule has 174 valence electrons. The summed E-state index contributed by atoms with van der Waals surface area (Å²) in [7, 11) is 0. The van der Waals surface area contributed by atoms with Gasteiger partial charge in [0.05, 0.1) is 28.4 Å². The Kier molecular flexibility index (Phi) is 6.29. The molecule has 1 fully saturated rings. The first kappa shape index (κ1) is 22.5. The maximum atomic E-state index is 12.9. The highest BCUT2D eigenvalue weighted by Crippen LogP contribution is 2.36. The van der Waals surface area contributed by atoms with Gasteiger partial charge < -0.3 is 14.2 Å². The Hall–Kier alpha value is -3.31. The molecule has 0 spiro atoms. The number of hydrogen-bond donors (Lipinski definition) is 0. The topological polar surface area (TPSA) is 47.4 Å². The Morgan fingerprint density at radius 3 is 2.68 bits per heavy atom. The first-order valence-corrected chi connectivity index (χ1v) is 12.1. The van der Waals surface area contributed by atoms with E-state index in [1.807, 2.05) is 48.5 Å². The minimum absolute atomic E-state index is 0.0106. The maximum Gasteiger partial charge on any atom is 0.227 e. The Morgan fingerprint density at radius 1 is 1.06 bits per heavy atom. The normalized spacial score (nSPS) is 15.9. The van der Waals surface area contributed by atoms with Crippen LogP contribution < -0.4 is 9.64 Å². The summed E-state index contributed by atoms with van der Waals surface area (Å²) in [5, 5.41) is 0.591. The van der Waals surface area contributed by atoms with Crippen molar-refractivity contribution in [3.05, 3.63) is 88.7 Å². The molecule has 1 saturated heterocycles. The predicted molar refractivity (Wildman–Crippen MR) is 137 cm³/mol. The van der Waals surface area contributed by atoms with Gasteiger partial charge >= 0.3 is 0 Å². The van der Waals surface area contributed by atoms with Crippen molar-refractivity contribution in [3.63, 3.8) is 0 Å². The number of fused-ring (bicyclic) bond motifs is 1. The minimum Gasteiger partial charge on any atom is -0.493 e. The number of anilines is 1. The molecule has 0 aliphatic carbocycles. The third-order valence-electron chi connectivity index (χ3n) is 6.43. The number of nitrogens with zero attached hydrogens (tertiary/aromatic N) is 3. The van der Waals surface area contributed by atoms with E-state index in [0.29, 0.717) is 24.6 Å². The molecular formula is C28H28ClN3O2. The summed E-state index contributed by atoms with van der Waals surface area (Å²) in [5.41, 5.74) is 5.19. The molecule has 4 aromatic rings. The fraction of sp³-hybridized carbons (Fsp3) is 0.286. The average Bonchev–Trinajstić information content (AvgIpc) is 3.38. The standard InChI is InChI=1S/C28H28ClN3O2/c1-19-12-13-26(20(2)16-19)34-15-7-14-31-25-11-6-4-9-23(25)30-28(31)21-17-27(33)32(18-21)24-10-5-3-8-22(24)29/h3-6,8-13,16,21H,7,14-15,17-18H2,1-2H3. The predicted octanol–water partition coefficient (Wildman–Crippen LogP) is 6.30. The number of aryl methyl sites for hydroxylation is 3. The third kappa shape index (κ3) is 4.40. The Morgan fingerprint density at radius 2 is 1.85 bits per heavy atom. The van der Waals surface area contributed by atoms with Gasteiger partial charge in [-0.1, -0.05) is 53.6 Å². The summed E-state index contributed by atoms with van der Waals surface area (Å²) < 4.78 is 8.32. The molecule has 1 unspecified atom stereocenters. The summed E-state index contributed by atoms with van der Waals surface area (Å²) >= 11 is 6.38. The van der Waals surface area contributed by atoms with E-state index in [1.165, 1.54) is 5.56 Å². The second-order valence-electron chi connectivity index (χ2n) is 8.94. The van der Waals surface area contributed by atoms with Crippen molar-refractivity contribution < 1.29 is 9.53 Å². The number of amides is 1. The second-order valence-corrected chi connectivity index (χ2v) is 9.35. The molecule has 0 radical (unpaired) electrons. The zero-order valence-electron chi connectivity index (χ0n) is 19.5. The number of carbonyl (C=O) groups is 1. The van der Waals surface area contributed by atoms with Crippen LogP contribution in [0.15, 0.2) is 66.7 Å². The zero-order chi connectivity index (χ0) is 23.7. The summed E-state index contributed by atoms with van der Waals surface area (Å²) in [6.07, 6.45) is 1.27. The van der Waals surface area contributed by atoms with Gasteiger partial charge in [0.1, 0.15) is 11.6 Å². The van der Waals surface area contributed by atoms with Gasteiger partial charge in [0.15, 0.2) is 0 Å². The van der Waals surface area contributed by atoms with Crippen LogP contribution in [0.1, 0.15) is 35.7 Å². The fourth-order valence-corrected chi connectivity index (χ4v) is 5.03. The molecule has 1 amide bonds. The number of rotatable bonds is 7. The summed E-state index contributed by atoms with van der Waals surface area (Å²) in [5.74, 6) is 1.97. The monoisotopic (exact) mass is 473 g/mol. The number of carbonyl (C=O) groups excluding carboxylic acids is 1. The van der Waals surface area contributed by atoms with Crippen molar-refractivity contribution in [1.82, 2.24) is 9.55 Å². The molecule has 1 aliphatic rings. The number of halogens is 1. The Bertz CT molecular complexity index is 1350. The number of imidazole rings is 1. The average molecular weight is 474 g/mol. The van der Waals surface area contributed by atoms with Gasteiger partial charge in [-0.2, -0.15) is 0 Å². The van der Waals surface area contributed by atoms with E-state index in [-0.39, 0.29) is 11.8 Å². The van der Waals surface area contributed by atoms with E-state index in [4.69, 9.17) is 21.3 Å². The van der Waals surface area contributed by atoms with Crippen molar-refractivity contribution in [3.8, 4) is 5.75 Å². The van der Waals surface area contributed by atoms with Crippen molar-refractivity contribution in [2.75, 3.05) is 18.1 Å². The molecule has 3 aromatic carbocycles. The van der Waals surface area contributed by atoms with Gasteiger partial charge in [-0.25, -0.2) is 4.98 Å². The van der Waals surface area contributed by atoms with Gasteiger partial charge in [0.25, 0.3) is 0 Å². The van der Waals surface area contributed by atoms with Crippen LogP contribution in [0.3, 0.4) is 0 Å². The van der Waals surface area contributed by atoms with Crippen molar-refractivity contribution in [2.45, 2.75) is 39.2 Å². The molecule has 5 rings (SSSR count). The van der Waals surface area contributed by atoms with Crippen LogP contribution in [0.25, 0.3) is 11.0 Å². The number of ether oxygens (including phenoxy) is 1. The third-order valence-corrected chi connectivity index (χ3v) is 6.75. The first-order valence-electron chi connectivity index (χ1n) is 11.7. The minimum atomic E-state index is 0.0106. The van der Waals surface area contributed by atoms with Crippen LogP contribution in [-0.2, 0) is 11.3 Å². The summed E-state index contributed by atoms with van der Waals surface area (Å²) in [4.78, 5) is 19.7. The molecule has 34 heavy (non-hydrogen) atoms. The van der Waals surface area contributed by atoms with Gasteiger partial charge in [-0.3, -0.25) is 4.79 Å². The lowest BCUT2D eigenvalue weighted by Gasteiger charge is -2.18. The second kappa shape index (κ2) is 9.51. The number of para-hydroxylation sites is 3. The number of benzene rings is 3. The zero-order valence-corrected chi connectivity index (χ0v) is 20.3. The molecule has 6 heteroatoms. The Balaban J connectivity index is 1.35. The molecule has 2 heterocycles. The molecule has 1 aromatic heterocycles. The SMILES string of the molecule is Cc1ccc(OCCCn2c(C3CC(=O)N(c4ccccc4Cl)C3)nc3ccccc32)c(C)c1. The van der Waals surface area contributed by atoms with Crippen LogP contribution in [0.2, 0.25) is 5.02 Å². The van der Waals surface area contributed by atoms with Crippen LogP contribution >= 0.6 is 11.6 Å². The van der Waals surface area contributed by atoms with Crippen molar-refractivity contribution in [2.24, 2.45) is 0 Å². The van der Waals surface area contributed by atoms with E-state index in [2.05, 4.69) is 36.6 Å². The van der Waals surface area contributed by atoms with E-state index in [9.17, 15) is 4.79 Å². The van der Waals surface area contributed by atoms with Crippen LogP contribution in [0.4, 0.5) is 5.69 Å². The van der Waals surface area contributed by atoms with E-state index < -0.39 is 0 Å². The molecule has 0 saturated carbocycles. The van der Waals surface area contributed by atoms with E-state index >= 15 is 0 Å². The largest absolute Gasteiger partial charge is 0.493 e. The molecule has 1 aliphatic heterocycles. The highest BCUT2D eigenvalue weighted by molar-refractivity contribution is 6.33. The smallest absolute Gasteiger partial charge is 0.227 e. The van der Waals surface area contributed by atoms with Gasteiger partial charge in [-0.15, -0.1) is 0 Å². The maximum absolute atomic E-state index is 12.9. The summed E-state index contributed by atoms with van der Waals surface area (Å²) in [6.45, 7) is 6.13. The van der Waals surface area contributed by atoms with E-state index in [1.54, 1.807) is 4.90 Å². The van der Waals surface area contributed by atoms with E-state index in [0.717, 1.165) is 46.8 Å². The van der Waals surface area contributed by atoms with Gasteiger partial charge in [-0.05, 0) is 56.2 Å². The molecule has 5 nitrogen and oxygen atoms in total. The lowest BCUT2D eigenvalue weighted by Crippen LogP contribution is -2.24. The molecular weight excluding hydrogens is 446 g/mol.